The Kier molecular flexibility index (Phi) is 26.7. The summed E-state index contributed by atoms with van der Waals surface area (Å²) in [5, 5.41) is 0. The number of halogens is 1. The first-order chi connectivity index (χ1) is 33.5. The standard InChI is InChI=1S/C60H91FN2O5/c1-2-3-4-5-6-7-8-9-10-11-12-13-14-15-16-17-20-23-26-31-44-66-45-32-27-24-21-18-19-22-25-28-33-46-67-52-41-42-54-53-38-29-30-39-55(53)60(56(54)48-52,50-36-34-37-51(61)47-50)68-59(65)57-40-35-43-63(57)58(64)49-62/h29-30,34,36-39,41-42,47-48,57H,2-28,31-33,35,40,43-46,49,62H2,1H3/t57-,60?/m0/s1. The molecule has 0 spiro atoms. The molecule has 8 heteroatoms. The molecule has 2 aliphatic rings. The summed E-state index contributed by atoms with van der Waals surface area (Å²) in [6, 6.07) is 19.2. The van der Waals surface area contributed by atoms with Gasteiger partial charge in [-0.3, -0.25) is 4.79 Å². The Labute approximate surface area is 412 Å². The molecule has 3 aromatic carbocycles. The molecule has 68 heavy (non-hydrogen) atoms. The van der Waals surface area contributed by atoms with Gasteiger partial charge in [0.2, 0.25) is 5.91 Å². The summed E-state index contributed by atoms with van der Waals surface area (Å²) in [5.74, 6) is -0.567. The highest BCUT2D eigenvalue weighted by atomic mass is 19.1. The highest BCUT2D eigenvalue weighted by molar-refractivity contribution is 5.89. The first-order valence-electron chi connectivity index (χ1n) is 27.9. The van der Waals surface area contributed by atoms with E-state index in [4.69, 9.17) is 19.9 Å². The number of fused-ring (bicyclic) bond motifs is 3. The monoisotopic (exact) mass is 939 g/mol. The van der Waals surface area contributed by atoms with Crippen LogP contribution < -0.4 is 10.5 Å². The van der Waals surface area contributed by atoms with Crippen LogP contribution in [-0.4, -0.2) is 55.7 Å². The van der Waals surface area contributed by atoms with Gasteiger partial charge in [0.15, 0.2) is 5.60 Å². The Hall–Kier alpha value is -3.75. The maximum atomic E-state index is 15.0. The van der Waals surface area contributed by atoms with Crippen molar-refractivity contribution >= 4 is 11.9 Å². The Morgan fingerprint density at radius 3 is 1.62 bits per heavy atom. The first-order valence-corrected chi connectivity index (χ1v) is 27.9. The molecule has 0 aromatic heterocycles. The zero-order chi connectivity index (χ0) is 47.9. The van der Waals surface area contributed by atoms with Crippen molar-refractivity contribution in [2.45, 2.75) is 224 Å². The number of unbranched alkanes of at least 4 members (excludes halogenated alkanes) is 28. The normalized spacial score (nSPS) is 16.3. The SMILES string of the molecule is CCCCCCCCCCCCCCCCCCCCCCOCCCCCCCCCCCCOc1ccc2c(c1)C(OC(=O)[C@@H]1CCCN1C(=O)CN)(c1cccc(F)c1)c1ccccc1-2. The average molecular weight is 939 g/mol. The molecule has 5 rings (SSSR count). The van der Waals surface area contributed by atoms with Gasteiger partial charge in [0.1, 0.15) is 17.6 Å². The fraction of sp³-hybridized carbons (Fsp3) is 0.667. The van der Waals surface area contributed by atoms with Crippen LogP contribution in [0.25, 0.3) is 11.1 Å². The molecule has 2 N–H and O–H groups in total. The van der Waals surface area contributed by atoms with Crippen molar-refractivity contribution in [3.8, 4) is 16.9 Å². The molecule has 2 atom stereocenters. The zero-order valence-electron chi connectivity index (χ0n) is 42.5. The van der Waals surface area contributed by atoms with Crippen molar-refractivity contribution in [2.24, 2.45) is 5.73 Å². The highest BCUT2D eigenvalue weighted by Gasteiger charge is 2.50. The number of benzene rings is 3. The number of rotatable bonds is 39. The fourth-order valence-corrected chi connectivity index (χ4v) is 10.6. The van der Waals surface area contributed by atoms with Crippen molar-refractivity contribution in [3.05, 3.63) is 89.2 Å². The molecule has 1 unspecified atom stereocenters. The minimum absolute atomic E-state index is 0.179. The maximum Gasteiger partial charge on any atom is 0.330 e. The molecular weight excluding hydrogens is 848 g/mol. The maximum absolute atomic E-state index is 15.0. The zero-order valence-corrected chi connectivity index (χ0v) is 42.5. The van der Waals surface area contributed by atoms with Crippen LogP contribution >= 0.6 is 0 Å². The predicted molar refractivity (Wildman–Crippen MR) is 279 cm³/mol. The third-order valence-electron chi connectivity index (χ3n) is 14.6. The molecule has 0 bridgehead atoms. The van der Waals surface area contributed by atoms with Crippen LogP contribution in [0, 0.1) is 5.82 Å². The summed E-state index contributed by atoms with van der Waals surface area (Å²) in [6.45, 7) is 5.00. The van der Waals surface area contributed by atoms with Crippen LogP contribution in [0.2, 0.25) is 0 Å². The molecule has 3 aromatic rings. The van der Waals surface area contributed by atoms with Gasteiger partial charge in [0.05, 0.1) is 13.2 Å². The highest BCUT2D eigenvalue weighted by Crippen LogP contribution is 2.54. The number of nitrogens with two attached hydrogens (primary N) is 1. The second-order valence-corrected chi connectivity index (χ2v) is 20.0. The van der Waals surface area contributed by atoms with E-state index in [-0.39, 0.29) is 12.5 Å². The summed E-state index contributed by atoms with van der Waals surface area (Å²) in [7, 11) is 0. The van der Waals surface area contributed by atoms with Gasteiger partial charge in [-0.15, -0.1) is 0 Å². The van der Waals surface area contributed by atoms with E-state index in [1.54, 1.807) is 12.1 Å². The molecule has 1 saturated heterocycles. The minimum Gasteiger partial charge on any atom is -0.494 e. The van der Waals surface area contributed by atoms with Crippen LogP contribution in [0.5, 0.6) is 5.75 Å². The summed E-state index contributed by atoms with van der Waals surface area (Å²) in [4.78, 5) is 28.3. The molecule has 0 saturated carbocycles. The van der Waals surface area contributed by atoms with Gasteiger partial charge in [-0.1, -0.05) is 223 Å². The van der Waals surface area contributed by atoms with E-state index in [2.05, 4.69) is 6.92 Å². The largest absolute Gasteiger partial charge is 0.494 e. The van der Waals surface area contributed by atoms with Gasteiger partial charge in [0.25, 0.3) is 0 Å². The van der Waals surface area contributed by atoms with Crippen LogP contribution in [0.1, 0.15) is 229 Å². The van der Waals surface area contributed by atoms with Crippen molar-refractivity contribution in [1.82, 2.24) is 4.90 Å². The van der Waals surface area contributed by atoms with Crippen molar-refractivity contribution in [1.29, 1.82) is 0 Å². The minimum atomic E-state index is -1.43. The van der Waals surface area contributed by atoms with E-state index in [9.17, 15) is 14.0 Å². The first kappa shape index (κ1) is 55.2. The van der Waals surface area contributed by atoms with Gasteiger partial charge in [0, 0.05) is 36.4 Å². The third kappa shape index (κ3) is 18.2. The second-order valence-electron chi connectivity index (χ2n) is 20.0. The number of carbonyl (C=O) groups is 2. The van der Waals surface area contributed by atoms with Crippen LogP contribution in [0.3, 0.4) is 0 Å². The summed E-state index contributed by atoms with van der Waals surface area (Å²) in [5.41, 5.74) is 8.06. The van der Waals surface area contributed by atoms with Gasteiger partial charge >= 0.3 is 5.97 Å². The van der Waals surface area contributed by atoms with Gasteiger partial charge < -0.3 is 24.8 Å². The lowest BCUT2D eigenvalue weighted by Gasteiger charge is -2.35. The van der Waals surface area contributed by atoms with Gasteiger partial charge in [-0.25, -0.2) is 9.18 Å². The summed E-state index contributed by atoms with van der Waals surface area (Å²) >= 11 is 0. The van der Waals surface area contributed by atoms with Crippen molar-refractivity contribution in [3.63, 3.8) is 0 Å². The lowest BCUT2D eigenvalue weighted by Crippen LogP contribution is -2.46. The Bertz CT molecular complexity index is 1850. The van der Waals surface area contributed by atoms with Crippen LogP contribution in [0.15, 0.2) is 66.7 Å². The smallest absolute Gasteiger partial charge is 0.330 e. The number of ether oxygens (including phenoxy) is 3. The molecule has 0 radical (unpaired) electrons. The lowest BCUT2D eigenvalue weighted by molar-refractivity contribution is -0.161. The fourth-order valence-electron chi connectivity index (χ4n) is 10.6. The Balaban J connectivity index is 0.866. The van der Waals surface area contributed by atoms with E-state index < -0.39 is 23.4 Å². The van der Waals surface area contributed by atoms with Gasteiger partial charge in [-0.05, 0) is 67.5 Å². The van der Waals surface area contributed by atoms with Crippen molar-refractivity contribution in [2.75, 3.05) is 32.9 Å². The Morgan fingerprint density at radius 2 is 1.09 bits per heavy atom. The van der Waals surface area contributed by atoms with Crippen LogP contribution in [0.4, 0.5) is 4.39 Å². The topological polar surface area (TPSA) is 91.1 Å². The number of esters is 1. The summed E-state index contributed by atoms with van der Waals surface area (Å²) < 4.78 is 33.9. The molecule has 1 aliphatic heterocycles. The van der Waals surface area contributed by atoms with E-state index in [1.807, 2.05) is 42.5 Å². The molecule has 1 heterocycles. The molecule has 1 fully saturated rings. The number of nitrogens with zero attached hydrogens (tertiary/aromatic N) is 1. The number of amides is 1. The van der Waals surface area contributed by atoms with E-state index in [1.165, 1.54) is 197 Å². The molecular formula is C60H91FN2O5. The summed E-state index contributed by atoms with van der Waals surface area (Å²) in [6.07, 6.45) is 41.6. The second kappa shape index (κ2) is 32.9. The number of likely N-dealkylation sites (tertiary alicyclic amines) is 1. The van der Waals surface area contributed by atoms with Crippen LogP contribution in [-0.2, 0) is 24.7 Å². The lowest BCUT2D eigenvalue weighted by atomic mass is 9.83. The molecule has 1 aliphatic carbocycles. The van der Waals surface area contributed by atoms with E-state index in [0.29, 0.717) is 37.3 Å². The molecule has 7 nitrogen and oxygen atoms in total. The van der Waals surface area contributed by atoms with E-state index in [0.717, 1.165) is 48.3 Å². The van der Waals surface area contributed by atoms with Crippen molar-refractivity contribution < 1.29 is 28.2 Å². The van der Waals surface area contributed by atoms with Gasteiger partial charge in [-0.2, -0.15) is 0 Å². The predicted octanol–water partition coefficient (Wildman–Crippen LogP) is 15.7. The number of hydrogen-bond acceptors (Lipinski definition) is 6. The third-order valence-corrected chi connectivity index (χ3v) is 14.6. The molecule has 378 valence electrons. The number of carbonyl (C=O) groups excluding carboxylic acids is 2. The Morgan fingerprint density at radius 1 is 0.588 bits per heavy atom. The quantitative estimate of drug-likeness (QED) is 0.0453. The molecule has 1 amide bonds. The average Bonchev–Trinajstić information content (AvgIpc) is 3.96. The van der Waals surface area contributed by atoms with E-state index >= 15 is 0 Å². The number of hydrogen-bond donors (Lipinski definition) is 1.